The lowest BCUT2D eigenvalue weighted by Crippen LogP contribution is -2.34. The van der Waals surface area contributed by atoms with Gasteiger partial charge < -0.3 is 5.32 Å². The molecule has 1 aromatic heterocycles. The Balaban J connectivity index is 1.76. The number of hydrogen-bond acceptors (Lipinski definition) is 3. The third-order valence-corrected chi connectivity index (χ3v) is 4.88. The minimum Gasteiger partial charge on any atom is -0.354 e. The fraction of sp³-hybridized carbons (Fsp3) is 0.318. The van der Waals surface area contributed by atoms with Crippen LogP contribution in [0.25, 0.3) is 11.0 Å². The van der Waals surface area contributed by atoms with Gasteiger partial charge in [-0.3, -0.25) is 14.2 Å². The van der Waals surface area contributed by atoms with Crippen LogP contribution in [0.4, 0.5) is 0 Å². The van der Waals surface area contributed by atoms with Gasteiger partial charge in [0.25, 0.3) is 5.56 Å². The molecule has 0 aliphatic carbocycles. The van der Waals surface area contributed by atoms with Gasteiger partial charge in [0.15, 0.2) is 0 Å². The Kier molecular flexibility index (Phi) is 5.40. The first kappa shape index (κ1) is 18.8. The molecule has 0 aliphatic rings. The number of carbonyl (C=O) groups excluding carboxylic acids is 1. The van der Waals surface area contributed by atoms with Gasteiger partial charge in [-0.2, -0.15) is 0 Å². The molecule has 2 aromatic carbocycles. The molecule has 27 heavy (non-hydrogen) atoms. The third-order valence-electron chi connectivity index (χ3n) is 4.88. The third kappa shape index (κ3) is 4.25. The van der Waals surface area contributed by atoms with E-state index in [1.54, 1.807) is 6.92 Å². The molecule has 1 amide bonds. The number of aromatic nitrogens is 2. The number of benzene rings is 2. The zero-order valence-electron chi connectivity index (χ0n) is 16.3. The molecular weight excluding hydrogens is 338 g/mol. The van der Waals surface area contributed by atoms with Crippen LogP contribution >= 0.6 is 0 Å². The lowest BCUT2D eigenvalue weighted by atomic mass is 10.1. The highest BCUT2D eigenvalue weighted by molar-refractivity contribution is 5.81. The van der Waals surface area contributed by atoms with E-state index in [-0.39, 0.29) is 18.0 Å². The van der Waals surface area contributed by atoms with E-state index in [0.29, 0.717) is 17.8 Å². The van der Waals surface area contributed by atoms with Crippen molar-refractivity contribution in [3.8, 4) is 0 Å². The highest BCUT2D eigenvalue weighted by atomic mass is 16.2. The Labute approximate surface area is 159 Å². The second kappa shape index (κ2) is 7.74. The average molecular weight is 363 g/mol. The first-order valence-electron chi connectivity index (χ1n) is 9.16. The standard InChI is InChI=1S/C22H25N3O2/c1-14-5-7-18(8-6-14)9-10-23-21(26)13-25-20-12-16(3)15(2)11-19(20)24-17(4)22(25)27/h5-8,11-12H,9-10,13H2,1-4H3,(H,23,26). The Morgan fingerprint density at radius 1 is 1.04 bits per heavy atom. The molecule has 0 spiro atoms. The molecule has 0 aliphatic heterocycles. The van der Waals surface area contributed by atoms with Gasteiger partial charge in [0.2, 0.25) is 5.91 Å². The summed E-state index contributed by atoms with van der Waals surface area (Å²) in [7, 11) is 0. The summed E-state index contributed by atoms with van der Waals surface area (Å²) in [5, 5.41) is 2.91. The van der Waals surface area contributed by atoms with E-state index in [2.05, 4.69) is 34.6 Å². The molecule has 1 heterocycles. The lowest BCUT2D eigenvalue weighted by Gasteiger charge is -2.13. The lowest BCUT2D eigenvalue weighted by molar-refractivity contribution is -0.121. The summed E-state index contributed by atoms with van der Waals surface area (Å²) in [5.74, 6) is -0.172. The molecule has 140 valence electrons. The summed E-state index contributed by atoms with van der Waals surface area (Å²) >= 11 is 0. The number of carbonyl (C=O) groups is 1. The molecule has 0 unspecified atom stereocenters. The van der Waals surface area contributed by atoms with Crippen LogP contribution in [0.2, 0.25) is 0 Å². The summed E-state index contributed by atoms with van der Waals surface area (Å²) < 4.78 is 1.52. The van der Waals surface area contributed by atoms with Crippen LogP contribution < -0.4 is 10.9 Å². The van der Waals surface area contributed by atoms with E-state index in [1.165, 1.54) is 15.7 Å². The van der Waals surface area contributed by atoms with Crippen molar-refractivity contribution in [2.75, 3.05) is 6.54 Å². The van der Waals surface area contributed by atoms with Crippen molar-refractivity contribution in [2.24, 2.45) is 0 Å². The Morgan fingerprint density at radius 2 is 1.70 bits per heavy atom. The smallest absolute Gasteiger partial charge is 0.272 e. The predicted octanol–water partition coefficient (Wildman–Crippen LogP) is 2.99. The Bertz CT molecular complexity index is 1050. The number of rotatable bonds is 5. The van der Waals surface area contributed by atoms with Gasteiger partial charge in [0, 0.05) is 6.54 Å². The summed E-state index contributed by atoms with van der Waals surface area (Å²) in [5.41, 5.74) is 6.19. The van der Waals surface area contributed by atoms with Gasteiger partial charge in [-0.25, -0.2) is 4.98 Å². The van der Waals surface area contributed by atoms with Crippen LogP contribution in [0.5, 0.6) is 0 Å². The predicted molar refractivity (Wildman–Crippen MR) is 108 cm³/mol. The number of nitrogens with one attached hydrogen (secondary N) is 1. The van der Waals surface area contributed by atoms with Gasteiger partial charge in [0.05, 0.1) is 11.0 Å². The molecule has 0 fully saturated rings. The molecule has 5 heteroatoms. The molecule has 5 nitrogen and oxygen atoms in total. The molecule has 3 aromatic rings. The molecule has 0 saturated carbocycles. The van der Waals surface area contributed by atoms with Crippen molar-refractivity contribution in [2.45, 2.75) is 40.7 Å². The number of aryl methyl sites for hydroxylation is 4. The quantitative estimate of drug-likeness (QED) is 0.758. The molecule has 0 bridgehead atoms. The number of nitrogens with zero attached hydrogens (tertiary/aromatic N) is 2. The number of amides is 1. The molecule has 1 N–H and O–H groups in total. The van der Waals surface area contributed by atoms with Crippen molar-refractivity contribution < 1.29 is 4.79 Å². The van der Waals surface area contributed by atoms with E-state index in [0.717, 1.165) is 23.1 Å². The topological polar surface area (TPSA) is 64.0 Å². The maximum Gasteiger partial charge on any atom is 0.272 e. The highest BCUT2D eigenvalue weighted by Crippen LogP contribution is 2.17. The minimum absolute atomic E-state index is 0.00487. The van der Waals surface area contributed by atoms with Gasteiger partial charge >= 0.3 is 0 Å². The average Bonchev–Trinajstić information content (AvgIpc) is 2.63. The van der Waals surface area contributed by atoms with Crippen molar-refractivity contribution in [3.63, 3.8) is 0 Å². The van der Waals surface area contributed by atoms with Crippen LogP contribution in [-0.2, 0) is 17.8 Å². The van der Waals surface area contributed by atoms with Crippen molar-refractivity contribution in [1.29, 1.82) is 0 Å². The van der Waals surface area contributed by atoms with Crippen molar-refractivity contribution in [1.82, 2.24) is 14.9 Å². The van der Waals surface area contributed by atoms with E-state index in [1.807, 2.05) is 32.9 Å². The largest absolute Gasteiger partial charge is 0.354 e. The zero-order chi connectivity index (χ0) is 19.6. The van der Waals surface area contributed by atoms with Crippen LogP contribution in [0, 0.1) is 27.7 Å². The monoisotopic (exact) mass is 363 g/mol. The molecule has 3 rings (SSSR count). The van der Waals surface area contributed by atoms with Gasteiger partial charge in [-0.1, -0.05) is 29.8 Å². The first-order valence-corrected chi connectivity index (χ1v) is 9.16. The molecular formula is C22H25N3O2. The number of fused-ring (bicyclic) bond motifs is 1. The van der Waals surface area contributed by atoms with E-state index < -0.39 is 0 Å². The second-order valence-corrected chi connectivity index (χ2v) is 7.10. The zero-order valence-corrected chi connectivity index (χ0v) is 16.3. The second-order valence-electron chi connectivity index (χ2n) is 7.10. The maximum atomic E-state index is 12.6. The molecule has 0 atom stereocenters. The SMILES string of the molecule is Cc1ccc(CCNC(=O)Cn2c(=O)c(C)nc3cc(C)c(C)cc32)cc1. The van der Waals surface area contributed by atoms with Gasteiger partial charge in [0.1, 0.15) is 12.2 Å². The Morgan fingerprint density at radius 3 is 2.41 bits per heavy atom. The van der Waals surface area contributed by atoms with Gasteiger partial charge in [-0.05, 0) is 62.9 Å². The fourth-order valence-electron chi connectivity index (χ4n) is 3.08. The van der Waals surface area contributed by atoms with E-state index in [9.17, 15) is 9.59 Å². The molecule has 0 saturated heterocycles. The van der Waals surface area contributed by atoms with Crippen LogP contribution in [0.1, 0.15) is 27.9 Å². The fourth-order valence-corrected chi connectivity index (χ4v) is 3.08. The first-order chi connectivity index (χ1) is 12.8. The summed E-state index contributed by atoms with van der Waals surface area (Å²) in [6, 6.07) is 12.1. The van der Waals surface area contributed by atoms with Crippen molar-refractivity contribution >= 4 is 16.9 Å². The summed E-state index contributed by atoms with van der Waals surface area (Å²) in [6.07, 6.45) is 0.759. The number of hydrogen-bond donors (Lipinski definition) is 1. The maximum absolute atomic E-state index is 12.6. The highest BCUT2D eigenvalue weighted by Gasteiger charge is 2.12. The van der Waals surface area contributed by atoms with Crippen molar-refractivity contribution in [3.05, 3.63) is 74.7 Å². The van der Waals surface area contributed by atoms with Crippen LogP contribution in [0.3, 0.4) is 0 Å². The van der Waals surface area contributed by atoms with Crippen LogP contribution in [0.15, 0.2) is 41.2 Å². The van der Waals surface area contributed by atoms with Gasteiger partial charge in [-0.15, -0.1) is 0 Å². The minimum atomic E-state index is -0.223. The Hall–Kier alpha value is -2.95. The van der Waals surface area contributed by atoms with Crippen LogP contribution in [-0.4, -0.2) is 22.0 Å². The molecule has 0 radical (unpaired) electrons. The summed E-state index contributed by atoms with van der Waals surface area (Å²) in [4.78, 5) is 29.4. The van der Waals surface area contributed by atoms with E-state index >= 15 is 0 Å². The summed E-state index contributed by atoms with van der Waals surface area (Å²) in [6.45, 7) is 8.27. The normalized spacial score (nSPS) is 11.0. The van der Waals surface area contributed by atoms with E-state index in [4.69, 9.17) is 0 Å².